The van der Waals surface area contributed by atoms with Crippen molar-refractivity contribution in [3.63, 3.8) is 0 Å². The molecule has 2 rings (SSSR count). The number of anilines is 1. The standard InChI is InChI=1S/C9H12N4OS2/c10-6(15)9(3-1-2-4-9)7(14)12-8-13-11-5-16-8/h5H,1-4H2,(H2,10,15)(H,12,13,14). The number of thiocarbonyl (C=S) groups is 1. The van der Waals surface area contributed by atoms with Gasteiger partial charge in [0.1, 0.15) is 5.51 Å². The lowest BCUT2D eigenvalue weighted by Gasteiger charge is -2.25. The number of nitrogens with one attached hydrogen (secondary N) is 1. The number of carbonyl (C=O) groups is 1. The van der Waals surface area contributed by atoms with Crippen LogP contribution in [0.25, 0.3) is 0 Å². The molecule has 0 bridgehead atoms. The summed E-state index contributed by atoms with van der Waals surface area (Å²) in [5, 5.41) is 10.6. The lowest BCUT2D eigenvalue weighted by atomic mass is 9.85. The Morgan fingerprint density at radius 1 is 1.56 bits per heavy atom. The smallest absolute Gasteiger partial charge is 0.239 e. The van der Waals surface area contributed by atoms with Gasteiger partial charge in [-0.05, 0) is 12.8 Å². The minimum atomic E-state index is -0.680. The van der Waals surface area contributed by atoms with Crippen LogP contribution >= 0.6 is 23.6 Å². The van der Waals surface area contributed by atoms with Gasteiger partial charge in [0.2, 0.25) is 11.0 Å². The highest BCUT2D eigenvalue weighted by Crippen LogP contribution is 2.39. The molecular weight excluding hydrogens is 244 g/mol. The van der Waals surface area contributed by atoms with Crippen LogP contribution in [-0.4, -0.2) is 21.1 Å². The van der Waals surface area contributed by atoms with Crippen molar-refractivity contribution in [2.75, 3.05) is 5.32 Å². The van der Waals surface area contributed by atoms with E-state index in [-0.39, 0.29) is 10.9 Å². The third kappa shape index (κ3) is 1.92. The number of nitrogens with zero attached hydrogens (tertiary/aromatic N) is 2. The van der Waals surface area contributed by atoms with Crippen LogP contribution in [0, 0.1) is 5.41 Å². The van der Waals surface area contributed by atoms with E-state index in [0.29, 0.717) is 5.13 Å². The summed E-state index contributed by atoms with van der Waals surface area (Å²) < 4.78 is 0. The summed E-state index contributed by atoms with van der Waals surface area (Å²) in [5.74, 6) is -0.144. The Morgan fingerprint density at radius 2 is 2.25 bits per heavy atom. The SMILES string of the molecule is NC(=S)C1(C(=O)Nc2nncs2)CCCC1. The maximum absolute atomic E-state index is 12.1. The summed E-state index contributed by atoms with van der Waals surface area (Å²) in [7, 11) is 0. The fourth-order valence-corrected chi connectivity index (χ4v) is 2.75. The zero-order chi connectivity index (χ0) is 11.6. The molecule has 3 N–H and O–H groups in total. The Morgan fingerprint density at radius 3 is 2.75 bits per heavy atom. The van der Waals surface area contributed by atoms with Crippen LogP contribution in [-0.2, 0) is 4.79 Å². The number of carbonyl (C=O) groups excluding carboxylic acids is 1. The van der Waals surface area contributed by atoms with Crippen LogP contribution < -0.4 is 11.1 Å². The molecule has 16 heavy (non-hydrogen) atoms. The predicted molar refractivity (Wildman–Crippen MR) is 66.2 cm³/mol. The molecule has 1 aliphatic rings. The van der Waals surface area contributed by atoms with Gasteiger partial charge in [-0.3, -0.25) is 10.1 Å². The Hall–Kier alpha value is -1.08. The lowest BCUT2D eigenvalue weighted by molar-refractivity contribution is -0.122. The maximum Gasteiger partial charge on any atom is 0.239 e. The van der Waals surface area contributed by atoms with E-state index in [2.05, 4.69) is 15.5 Å². The summed E-state index contributed by atoms with van der Waals surface area (Å²) in [4.78, 5) is 12.4. The van der Waals surface area contributed by atoms with Gasteiger partial charge in [0.05, 0.1) is 10.4 Å². The second-order valence-electron chi connectivity index (χ2n) is 3.85. The van der Waals surface area contributed by atoms with Crippen LogP contribution in [0.3, 0.4) is 0 Å². The zero-order valence-corrected chi connectivity index (χ0v) is 10.2. The van der Waals surface area contributed by atoms with Crippen LogP contribution in [0.1, 0.15) is 25.7 Å². The van der Waals surface area contributed by atoms with Gasteiger partial charge in [-0.25, -0.2) is 0 Å². The van der Waals surface area contributed by atoms with Crippen molar-refractivity contribution < 1.29 is 4.79 Å². The van der Waals surface area contributed by atoms with Crippen molar-refractivity contribution in [3.8, 4) is 0 Å². The molecule has 1 heterocycles. The maximum atomic E-state index is 12.1. The van der Waals surface area contributed by atoms with Gasteiger partial charge in [0.15, 0.2) is 0 Å². The summed E-state index contributed by atoms with van der Waals surface area (Å²) in [6, 6.07) is 0. The minimum Gasteiger partial charge on any atom is -0.392 e. The Bertz CT molecular complexity index is 398. The topological polar surface area (TPSA) is 80.9 Å². The Kier molecular flexibility index (Phi) is 3.15. The molecule has 1 aromatic rings. The third-order valence-corrected chi connectivity index (χ3v) is 3.94. The third-order valence-electron chi connectivity index (χ3n) is 2.94. The summed E-state index contributed by atoms with van der Waals surface area (Å²) in [5.41, 5.74) is 6.59. The fraction of sp³-hybridized carbons (Fsp3) is 0.556. The molecule has 0 aromatic carbocycles. The lowest BCUT2D eigenvalue weighted by Crippen LogP contribution is -2.43. The van der Waals surface area contributed by atoms with Gasteiger partial charge in [0.25, 0.3) is 0 Å². The first-order valence-electron chi connectivity index (χ1n) is 5.03. The van der Waals surface area contributed by atoms with Gasteiger partial charge in [-0.15, -0.1) is 10.2 Å². The molecule has 86 valence electrons. The molecule has 5 nitrogen and oxygen atoms in total. The van der Waals surface area contributed by atoms with Gasteiger partial charge in [-0.2, -0.15) is 0 Å². The van der Waals surface area contributed by atoms with Crippen LogP contribution in [0.2, 0.25) is 0 Å². The molecule has 1 aromatic heterocycles. The van der Waals surface area contributed by atoms with Crippen LogP contribution in [0.4, 0.5) is 5.13 Å². The highest BCUT2D eigenvalue weighted by atomic mass is 32.1. The van der Waals surface area contributed by atoms with E-state index >= 15 is 0 Å². The van der Waals surface area contributed by atoms with Crippen molar-refractivity contribution in [2.45, 2.75) is 25.7 Å². The Labute approximate surface area is 102 Å². The van der Waals surface area contributed by atoms with E-state index < -0.39 is 5.41 Å². The number of hydrogen-bond acceptors (Lipinski definition) is 5. The molecule has 0 atom stereocenters. The fourth-order valence-electron chi connectivity index (χ4n) is 2.01. The molecule has 1 amide bonds. The molecule has 1 saturated carbocycles. The van der Waals surface area contributed by atoms with Crippen molar-refractivity contribution >= 4 is 39.6 Å². The second kappa shape index (κ2) is 4.42. The highest BCUT2D eigenvalue weighted by Gasteiger charge is 2.44. The molecule has 1 aliphatic carbocycles. The van der Waals surface area contributed by atoms with Crippen molar-refractivity contribution in [3.05, 3.63) is 5.51 Å². The molecule has 7 heteroatoms. The normalized spacial score (nSPS) is 18.2. The van der Waals surface area contributed by atoms with Crippen molar-refractivity contribution in [2.24, 2.45) is 11.1 Å². The number of nitrogens with two attached hydrogens (primary N) is 1. The molecule has 0 unspecified atom stereocenters. The van der Waals surface area contributed by atoms with Crippen molar-refractivity contribution in [1.82, 2.24) is 10.2 Å². The van der Waals surface area contributed by atoms with Crippen LogP contribution in [0.5, 0.6) is 0 Å². The summed E-state index contributed by atoms with van der Waals surface area (Å²) in [6.45, 7) is 0. The first kappa shape index (κ1) is 11.4. The number of hydrogen-bond donors (Lipinski definition) is 2. The number of rotatable bonds is 3. The van der Waals surface area contributed by atoms with Gasteiger partial charge in [0, 0.05) is 0 Å². The van der Waals surface area contributed by atoms with E-state index in [4.69, 9.17) is 18.0 Å². The van der Waals surface area contributed by atoms with E-state index in [0.717, 1.165) is 25.7 Å². The molecule has 0 saturated heterocycles. The second-order valence-corrected chi connectivity index (χ2v) is 5.12. The predicted octanol–water partition coefficient (Wildman–Crippen LogP) is 1.32. The monoisotopic (exact) mass is 256 g/mol. The zero-order valence-electron chi connectivity index (χ0n) is 8.60. The van der Waals surface area contributed by atoms with E-state index in [1.165, 1.54) is 11.3 Å². The van der Waals surface area contributed by atoms with Gasteiger partial charge >= 0.3 is 0 Å². The summed E-state index contributed by atoms with van der Waals surface area (Å²) >= 11 is 6.31. The van der Waals surface area contributed by atoms with E-state index in [1.807, 2.05) is 0 Å². The largest absolute Gasteiger partial charge is 0.392 e. The molecule has 0 aliphatic heterocycles. The average Bonchev–Trinajstić information content (AvgIpc) is 2.87. The van der Waals surface area contributed by atoms with Gasteiger partial charge < -0.3 is 5.73 Å². The molecule has 1 fully saturated rings. The molecule has 0 radical (unpaired) electrons. The molecule has 0 spiro atoms. The van der Waals surface area contributed by atoms with Gasteiger partial charge in [-0.1, -0.05) is 36.4 Å². The number of aromatic nitrogens is 2. The van der Waals surface area contributed by atoms with E-state index in [1.54, 1.807) is 5.51 Å². The first-order valence-corrected chi connectivity index (χ1v) is 6.31. The first-order chi connectivity index (χ1) is 7.65. The Balaban J connectivity index is 2.15. The highest BCUT2D eigenvalue weighted by molar-refractivity contribution is 7.80. The van der Waals surface area contributed by atoms with Crippen molar-refractivity contribution in [1.29, 1.82) is 0 Å². The number of amides is 1. The quantitative estimate of drug-likeness (QED) is 0.797. The average molecular weight is 256 g/mol. The minimum absolute atomic E-state index is 0.144. The van der Waals surface area contributed by atoms with Crippen LogP contribution in [0.15, 0.2) is 5.51 Å². The van der Waals surface area contributed by atoms with E-state index in [9.17, 15) is 4.79 Å². The summed E-state index contributed by atoms with van der Waals surface area (Å²) in [6.07, 6.45) is 3.43. The molecular formula is C9H12N4OS2.